The average molecular weight is 830 g/mol. The van der Waals surface area contributed by atoms with Crippen molar-refractivity contribution < 1.29 is 0 Å². The zero-order valence-corrected chi connectivity index (χ0v) is 35.3. The van der Waals surface area contributed by atoms with Gasteiger partial charge >= 0.3 is 0 Å². The van der Waals surface area contributed by atoms with Gasteiger partial charge in [-0.1, -0.05) is 182 Å². The molecule has 5 heteroatoms. The molecule has 0 radical (unpaired) electrons. The molecule has 0 amide bonds. The lowest BCUT2D eigenvalue weighted by atomic mass is 9.65. The molecule has 0 aliphatic heterocycles. The molecule has 9 aromatic carbocycles. The quantitative estimate of drug-likeness (QED) is 0.143. The van der Waals surface area contributed by atoms with Crippen LogP contribution in [0.15, 0.2) is 237 Å². The minimum atomic E-state index is -0.651. The second-order valence-electron chi connectivity index (χ2n) is 16.4. The molecular weight excluding hydrogens is 791 g/mol. The van der Waals surface area contributed by atoms with Gasteiger partial charge in [-0.3, -0.25) is 4.57 Å². The minimum absolute atomic E-state index is 0.611. The molecule has 12 aromatic rings. The molecule has 0 spiro atoms. The first kappa shape index (κ1) is 37.9. The molecule has 0 fully saturated rings. The Bertz CT molecular complexity index is 3630. The van der Waals surface area contributed by atoms with Gasteiger partial charge < -0.3 is 4.57 Å². The van der Waals surface area contributed by atoms with E-state index in [9.17, 15) is 5.26 Å². The summed E-state index contributed by atoms with van der Waals surface area (Å²) in [5, 5.41) is 14.3. The highest BCUT2D eigenvalue weighted by Crippen LogP contribution is 2.46. The van der Waals surface area contributed by atoms with Crippen LogP contribution in [0, 0.1) is 11.3 Å². The van der Waals surface area contributed by atoms with Crippen LogP contribution in [-0.4, -0.2) is 19.1 Å². The van der Waals surface area contributed by atoms with Crippen molar-refractivity contribution >= 4 is 43.6 Å². The molecule has 304 valence electrons. The molecule has 0 aliphatic carbocycles. The van der Waals surface area contributed by atoms with E-state index in [1.54, 1.807) is 0 Å². The Morgan fingerprint density at radius 3 is 1.48 bits per heavy atom. The zero-order valence-electron chi connectivity index (χ0n) is 35.3. The summed E-state index contributed by atoms with van der Waals surface area (Å²) >= 11 is 0. The molecule has 0 saturated carbocycles. The van der Waals surface area contributed by atoms with Gasteiger partial charge in [-0.25, -0.2) is 9.97 Å². The van der Waals surface area contributed by atoms with Crippen LogP contribution in [-0.2, 0) is 5.41 Å². The maximum atomic E-state index is 9.90. The summed E-state index contributed by atoms with van der Waals surface area (Å²) in [7, 11) is 0. The monoisotopic (exact) mass is 829 g/mol. The van der Waals surface area contributed by atoms with Gasteiger partial charge in [0.1, 0.15) is 5.82 Å². The highest BCUT2D eigenvalue weighted by molar-refractivity contribution is 6.11. The molecule has 12 rings (SSSR count). The molecule has 0 unspecified atom stereocenters. The number of nitrogens with zero attached hydrogens (tertiary/aromatic N) is 5. The summed E-state index contributed by atoms with van der Waals surface area (Å²) in [6.45, 7) is 0. The number of nitriles is 1. The first-order valence-electron chi connectivity index (χ1n) is 21.9. The molecule has 0 bridgehead atoms. The van der Waals surface area contributed by atoms with Crippen LogP contribution in [0.2, 0.25) is 0 Å². The largest absolute Gasteiger partial charge is 0.309 e. The summed E-state index contributed by atoms with van der Waals surface area (Å²) < 4.78 is 4.58. The van der Waals surface area contributed by atoms with Crippen molar-refractivity contribution in [2.45, 2.75) is 5.41 Å². The molecule has 3 aromatic heterocycles. The fourth-order valence-corrected chi connectivity index (χ4v) is 10.1. The van der Waals surface area contributed by atoms with E-state index in [1.807, 2.05) is 12.1 Å². The maximum Gasteiger partial charge on any atom is 0.162 e. The van der Waals surface area contributed by atoms with Crippen LogP contribution in [0.1, 0.15) is 27.8 Å². The Morgan fingerprint density at radius 2 is 0.877 bits per heavy atom. The van der Waals surface area contributed by atoms with Crippen LogP contribution in [0.25, 0.3) is 77.8 Å². The molecule has 0 aliphatic rings. The van der Waals surface area contributed by atoms with Crippen molar-refractivity contribution in [1.82, 2.24) is 19.1 Å². The standard InChI is InChI=1S/C60H39N5/c61-40-41-35-36-57-51(37-41)49-29-12-14-31-53(49)64(57)56-34-17-13-30-50(56)52-39-58(65-54-32-15-10-27-47(54)48-28-11-16-33-55(48)65)63-59(62-52)42-19-18-26-46(38-42)60(43-20-4-1-5-21-43,44-22-6-2-7-23-44)45-24-8-3-9-25-45/h1-39H. The van der Waals surface area contributed by atoms with Gasteiger partial charge in [0, 0.05) is 38.7 Å². The fraction of sp³-hybridized carbons (Fsp3) is 0.0167. The molecular formula is C60H39N5. The van der Waals surface area contributed by atoms with E-state index in [1.165, 1.54) is 0 Å². The molecule has 0 atom stereocenters. The number of rotatable bonds is 8. The van der Waals surface area contributed by atoms with Crippen molar-refractivity contribution in [2.24, 2.45) is 0 Å². The lowest BCUT2D eigenvalue weighted by Gasteiger charge is -2.37. The normalized spacial score (nSPS) is 11.7. The Morgan fingerprint density at radius 1 is 0.385 bits per heavy atom. The van der Waals surface area contributed by atoms with Crippen molar-refractivity contribution in [1.29, 1.82) is 5.26 Å². The van der Waals surface area contributed by atoms with E-state index >= 15 is 0 Å². The predicted octanol–water partition coefficient (Wildman–Crippen LogP) is 14.3. The van der Waals surface area contributed by atoms with Crippen LogP contribution in [0.5, 0.6) is 0 Å². The highest BCUT2D eigenvalue weighted by Gasteiger charge is 2.38. The number of fused-ring (bicyclic) bond motifs is 6. The maximum absolute atomic E-state index is 9.90. The fourth-order valence-electron chi connectivity index (χ4n) is 10.1. The van der Waals surface area contributed by atoms with E-state index in [4.69, 9.17) is 9.97 Å². The third-order valence-electron chi connectivity index (χ3n) is 12.9. The Balaban J connectivity index is 1.15. The van der Waals surface area contributed by atoms with Gasteiger partial charge in [-0.2, -0.15) is 5.26 Å². The van der Waals surface area contributed by atoms with E-state index in [-0.39, 0.29) is 0 Å². The van der Waals surface area contributed by atoms with Crippen molar-refractivity contribution in [3.05, 3.63) is 264 Å². The van der Waals surface area contributed by atoms with Gasteiger partial charge in [0.2, 0.25) is 0 Å². The topological polar surface area (TPSA) is 59.4 Å². The molecule has 5 nitrogen and oxygen atoms in total. The van der Waals surface area contributed by atoms with E-state index in [0.717, 1.165) is 94.2 Å². The number of hydrogen-bond acceptors (Lipinski definition) is 3. The summed E-state index contributed by atoms with van der Waals surface area (Å²) in [6.07, 6.45) is 0. The number of aromatic nitrogens is 4. The van der Waals surface area contributed by atoms with Crippen LogP contribution in [0.3, 0.4) is 0 Å². The van der Waals surface area contributed by atoms with Gasteiger partial charge in [0.05, 0.1) is 50.5 Å². The van der Waals surface area contributed by atoms with E-state index < -0.39 is 5.41 Å². The minimum Gasteiger partial charge on any atom is -0.309 e. The van der Waals surface area contributed by atoms with Crippen LogP contribution < -0.4 is 0 Å². The van der Waals surface area contributed by atoms with Crippen molar-refractivity contribution in [3.63, 3.8) is 0 Å². The summed E-state index contributed by atoms with van der Waals surface area (Å²) in [5.41, 5.74) is 12.4. The number of hydrogen-bond donors (Lipinski definition) is 0. The Kier molecular flexibility index (Phi) is 9.03. The summed E-state index contributed by atoms with van der Waals surface area (Å²) in [6, 6.07) is 85.6. The van der Waals surface area contributed by atoms with Crippen LogP contribution >= 0.6 is 0 Å². The lowest BCUT2D eigenvalue weighted by Crippen LogP contribution is -2.31. The molecule has 0 saturated heterocycles. The van der Waals surface area contributed by atoms with Crippen molar-refractivity contribution in [3.8, 4) is 40.2 Å². The lowest BCUT2D eigenvalue weighted by molar-refractivity contribution is 0.745. The van der Waals surface area contributed by atoms with Gasteiger partial charge in [-0.15, -0.1) is 0 Å². The summed E-state index contributed by atoms with van der Waals surface area (Å²) in [5.74, 6) is 1.38. The van der Waals surface area contributed by atoms with Gasteiger partial charge in [-0.05, 0) is 70.8 Å². The third kappa shape index (κ3) is 6.07. The van der Waals surface area contributed by atoms with Gasteiger partial charge in [0.25, 0.3) is 0 Å². The van der Waals surface area contributed by atoms with Crippen LogP contribution in [0.4, 0.5) is 0 Å². The Hall–Kier alpha value is -8.85. The molecule has 65 heavy (non-hydrogen) atoms. The second-order valence-corrected chi connectivity index (χ2v) is 16.4. The smallest absolute Gasteiger partial charge is 0.162 e. The van der Waals surface area contributed by atoms with Crippen molar-refractivity contribution in [2.75, 3.05) is 0 Å². The second kappa shape index (κ2) is 15.5. The molecule has 0 N–H and O–H groups in total. The zero-order chi connectivity index (χ0) is 43.3. The van der Waals surface area contributed by atoms with E-state index in [0.29, 0.717) is 11.4 Å². The number of benzene rings is 9. The summed E-state index contributed by atoms with van der Waals surface area (Å²) in [4.78, 5) is 11.1. The molecule has 3 heterocycles. The average Bonchev–Trinajstić information content (AvgIpc) is 3.90. The van der Waals surface area contributed by atoms with E-state index in [2.05, 4.69) is 240 Å². The predicted molar refractivity (Wildman–Crippen MR) is 265 cm³/mol. The van der Waals surface area contributed by atoms with Gasteiger partial charge in [0.15, 0.2) is 5.82 Å². The Labute approximate surface area is 376 Å². The first-order chi connectivity index (χ1) is 32.2. The SMILES string of the molecule is N#Cc1ccc2c(c1)c1ccccc1n2-c1ccccc1-c1cc(-n2c3ccccc3c3ccccc32)nc(-c2cccc(C(c3ccccc3)(c3ccccc3)c3ccccc3)c2)n1. The first-order valence-corrected chi connectivity index (χ1v) is 21.9. The third-order valence-corrected chi connectivity index (χ3v) is 12.9. The highest BCUT2D eigenvalue weighted by atomic mass is 15.1. The number of para-hydroxylation sites is 4.